The molecule has 1 aromatic heterocycles. The fraction of sp³-hybridized carbons (Fsp3) is 0.238. The summed E-state index contributed by atoms with van der Waals surface area (Å²) in [6.45, 7) is 1.92. The van der Waals surface area contributed by atoms with E-state index in [1.165, 1.54) is 6.92 Å². The molecule has 0 fully saturated rings. The van der Waals surface area contributed by atoms with Gasteiger partial charge in [-0.2, -0.15) is 5.10 Å². The number of benzene rings is 2. The molecular formula is C21H19N3O6. The average Bonchev–Trinajstić information content (AvgIpc) is 3.22. The van der Waals surface area contributed by atoms with Crippen molar-refractivity contribution in [1.82, 2.24) is 15.5 Å². The molecule has 9 nitrogen and oxygen atoms in total. The van der Waals surface area contributed by atoms with E-state index in [1.807, 2.05) is 6.07 Å². The zero-order chi connectivity index (χ0) is 21.1. The van der Waals surface area contributed by atoms with Crippen LogP contribution in [0.1, 0.15) is 18.2 Å². The van der Waals surface area contributed by atoms with Gasteiger partial charge in [0.05, 0.1) is 17.5 Å². The van der Waals surface area contributed by atoms with Gasteiger partial charge in [-0.15, -0.1) is 0 Å². The highest BCUT2D eigenvalue weighted by atomic mass is 16.7. The van der Waals surface area contributed by atoms with Gasteiger partial charge in [-0.25, -0.2) is 5.10 Å². The van der Waals surface area contributed by atoms with Gasteiger partial charge in [0.1, 0.15) is 0 Å². The number of nitrogens with one attached hydrogen (secondary N) is 2. The van der Waals surface area contributed by atoms with Gasteiger partial charge >= 0.3 is 5.97 Å². The number of hydrogen-bond acceptors (Lipinski definition) is 7. The first-order chi connectivity index (χ1) is 14.5. The number of nitrogens with zero attached hydrogens (tertiary/aromatic N) is 1. The van der Waals surface area contributed by atoms with Crippen molar-refractivity contribution in [2.45, 2.75) is 26.0 Å². The van der Waals surface area contributed by atoms with Crippen LogP contribution in [0.5, 0.6) is 11.5 Å². The second-order valence-corrected chi connectivity index (χ2v) is 6.76. The second-order valence-electron chi connectivity index (χ2n) is 6.76. The first-order valence-electron chi connectivity index (χ1n) is 9.33. The molecule has 2 heterocycles. The minimum absolute atomic E-state index is 0.170. The maximum absolute atomic E-state index is 12.3. The van der Waals surface area contributed by atoms with Crippen molar-refractivity contribution in [3.8, 4) is 11.5 Å². The summed E-state index contributed by atoms with van der Waals surface area (Å²) >= 11 is 0. The van der Waals surface area contributed by atoms with Crippen molar-refractivity contribution in [2.24, 2.45) is 0 Å². The highest BCUT2D eigenvalue weighted by molar-refractivity contribution is 5.88. The van der Waals surface area contributed by atoms with Gasteiger partial charge < -0.3 is 19.5 Å². The summed E-state index contributed by atoms with van der Waals surface area (Å²) in [5.41, 5.74) is 0.872. The molecule has 0 saturated carbocycles. The van der Waals surface area contributed by atoms with E-state index in [1.54, 1.807) is 36.4 Å². The molecule has 1 atom stereocenters. The minimum Gasteiger partial charge on any atom is -0.454 e. The van der Waals surface area contributed by atoms with Crippen molar-refractivity contribution in [3.05, 3.63) is 64.1 Å². The largest absolute Gasteiger partial charge is 0.454 e. The molecule has 9 heteroatoms. The summed E-state index contributed by atoms with van der Waals surface area (Å²) in [6.07, 6.45) is -1.16. The lowest BCUT2D eigenvalue weighted by molar-refractivity contribution is -0.154. The van der Waals surface area contributed by atoms with Crippen LogP contribution in [0.2, 0.25) is 0 Å². The standard InChI is InChI=1S/C21H19N3O6/c1-12(20(26)22-10-13-6-7-17-18(8-13)29-11-28-17)30-19(25)9-16-14-4-2-3-5-15(14)21(27)24-23-16/h2-8,12H,9-11H2,1H3,(H,22,26)(H,24,27)/t12-/m0/s1. The van der Waals surface area contributed by atoms with Gasteiger partial charge in [0.15, 0.2) is 17.6 Å². The molecule has 0 aliphatic carbocycles. The van der Waals surface area contributed by atoms with Gasteiger partial charge in [0, 0.05) is 11.9 Å². The number of esters is 1. The molecule has 1 amide bonds. The lowest BCUT2D eigenvalue weighted by Crippen LogP contribution is -2.35. The molecule has 0 spiro atoms. The van der Waals surface area contributed by atoms with Crippen LogP contribution in [-0.2, 0) is 27.3 Å². The molecule has 0 bridgehead atoms. The van der Waals surface area contributed by atoms with Crippen molar-refractivity contribution >= 4 is 22.6 Å². The van der Waals surface area contributed by atoms with E-state index in [2.05, 4.69) is 15.5 Å². The van der Waals surface area contributed by atoms with Crippen molar-refractivity contribution in [2.75, 3.05) is 6.79 Å². The van der Waals surface area contributed by atoms with Crippen LogP contribution >= 0.6 is 0 Å². The van der Waals surface area contributed by atoms with E-state index in [0.717, 1.165) is 5.56 Å². The summed E-state index contributed by atoms with van der Waals surface area (Å²) in [7, 11) is 0. The third-order valence-corrected chi connectivity index (χ3v) is 4.67. The summed E-state index contributed by atoms with van der Waals surface area (Å²) in [5, 5.41) is 10.0. The van der Waals surface area contributed by atoms with Gasteiger partial charge in [-0.05, 0) is 30.7 Å². The molecule has 0 unspecified atom stereocenters. The van der Waals surface area contributed by atoms with Crippen LogP contribution in [0, 0.1) is 0 Å². The van der Waals surface area contributed by atoms with Crippen LogP contribution in [0.3, 0.4) is 0 Å². The first kappa shape index (κ1) is 19.4. The zero-order valence-corrected chi connectivity index (χ0v) is 16.1. The summed E-state index contributed by atoms with van der Waals surface area (Å²) in [6, 6.07) is 12.2. The number of amides is 1. The summed E-state index contributed by atoms with van der Waals surface area (Å²) < 4.78 is 15.8. The Morgan fingerprint density at radius 2 is 1.93 bits per heavy atom. The van der Waals surface area contributed by atoms with Gasteiger partial charge in [0.25, 0.3) is 11.5 Å². The lowest BCUT2D eigenvalue weighted by Gasteiger charge is -2.14. The SMILES string of the molecule is C[C@H](OC(=O)Cc1n[nH]c(=O)c2ccccc12)C(=O)NCc1ccc2c(c1)OCO2. The second kappa shape index (κ2) is 8.24. The average molecular weight is 409 g/mol. The predicted octanol–water partition coefficient (Wildman–Crippen LogP) is 1.44. The smallest absolute Gasteiger partial charge is 0.312 e. The Kier molecular flexibility index (Phi) is 5.34. The van der Waals surface area contributed by atoms with Crippen LogP contribution in [0.25, 0.3) is 10.8 Å². The third kappa shape index (κ3) is 4.09. The number of carbonyl (C=O) groups excluding carboxylic acids is 2. The van der Waals surface area contributed by atoms with E-state index in [9.17, 15) is 14.4 Å². The maximum Gasteiger partial charge on any atom is 0.312 e. The topological polar surface area (TPSA) is 120 Å². The Labute approximate surface area is 171 Å². The molecule has 2 N–H and O–H groups in total. The highest BCUT2D eigenvalue weighted by Gasteiger charge is 2.20. The molecule has 4 rings (SSSR count). The van der Waals surface area contributed by atoms with E-state index in [4.69, 9.17) is 14.2 Å². The molecule has 1 aliphatic rings. The van der Waals surface area contributed by atoms with Gasteiger partial charge in [-0.3, -0.25) is 14.4 Å². The molecule has 1 aliphatic heterocycles. The maximum atomic E-state index is 12.3. The summed E-state index contributed by atoms with van der Waals surface area (Å²) in [4.78, 5) is 36.4. The fourth-order valence-corrected chi connectivity index (χ4v) is 3.12. The lowest BCUT2D eigenvalue weighted by atomic mass is 10.1. The first-order valence-corrected chi connectivity index (χ1v) is 9.33. The van der Waals surface area contributed by atoms with Crippen LogP contribution in [-0.4, -0.2) is 35.0 Å². The number of fused-ring (bicyclic) bond motifs is 2. The van der Waals surface area contributed by atoms with Crippen LogP contribution < -0.4 is 20.3 Å². The third-order valence-electron chi connectivity index (χ3n) is 4.67. The van der Waals surface area contributed by atoms with Crippen LogP contribution in [0.4, 0.5) is 0 Å². The minimum atomic E-state index is -0.986. The monoisotopic (exact) mass is 409 g/mol. The zero-order valence-electron chi connectivity index (χ0n) is 16.1. The normalized spacial score (nSPS) is 13.1. The number of rotatable bonds is 6. The van der Waals surface area contributed by atoms with E-state index >= 15 is 0 Å². The number of aromatic amines is 1. The van der Waals surface area contributed by atoms with Gasteiger partial charge in [-0.1, -0.05) is 24.3 Å². The Hall–Kier alpha value is -3.88. The molecule has 0 saturated heterocycles. The molecule has 0 radical (unpaired) electrons. The number of carbonyl (C=O) groups is 2. The molecule has 30 heavy (non-hydrogen) atoms. The van der Waals surface area contributed by atoms with E-state index in [0.29, 0.717) is 28.0 Å². The Morgan fingerprint density at radius 3 is 2.77 bits per heavy atom. The number of hydrogen-bond donors (Lipinski definition) is 2. The number of H-pyrrole nitrogens is 1. The van der Waals surface area contributed by atoms with Crippen molar-refractivity contribution < 1.29 is 23.8 Å². The van der Waals surface area contributed by atoms with Crippen molar-refractivity contribution in [1.29, 1.82) is 0 Å². The number of ether oxygens (including phenoxy) is 3. The molecule has 2 aromatic carbocycles. The molecule has 154 valence electrons. The quantitative estimate of drug-likeness (QED) is 0.591. The Balaban J connectivity index is 1.34. The van der Waals surface area contributed by atoms with Gasteiger partial charge in [0.2, 0.25) is 6.79 Å². The fourth-order valence-electron chi connectivity index (χ4n) is 3.12. The highest BCUT2D eigenvalue weighted by Crippen LogP contribution is 2.32. The van der Waals surface area contributed by atoms with E-state index in [-0.39, 0.29) is 25.3 Å². The Morgan fingerprint density at radius 1 is 1.17 bits per heavy atom. The summed E-state index contributed by atoms with van der Waals surface area (Å²) in [5.74, 6) is 0.239. The van der Waals surface area contributed by atoms with Crippen LogP contribution in [0.15, 0.2) is 47.3 Å². The Bertz CT molecular complexity index is 1170. The van der Waals surface area contributed by atoms with E-state index < -0.39 is 18.0 Å². The van der Waals surface area contributed by atoms with Crippen molar-refractivity contribution in [3.63, 3.8) is 0 Å². The molecular weight excluding hydrogens is 390 g/mol. The predicted molar refractivity (Wildman–Crippen MR) is 106 cm³/mol. The number of aromatic nitrogens is 2. The molecule has 3 aromatic rings.